The Bertz CT molecular complexity index is 589. The molecule has 2 aromatic rings. The molecule has 3 rings (SSSR count). The van der Waals surface area contributed by atoms with Crippen molar-refractivity contribution in [3.05, 3.63) is 40.5 Å². The van der Waals surface area contributed by atoms with E-state index in [9.17, 15) is 4.79 Å². The lowest BCUT2D eigenvalue weighted by molar-refractivity contribution is -0.0324. The summed E-state index contributed by atoms with van der Waals surface area (Å²) in [6, 6.07) is 3.68. The molecule has 0 N–H and O–H groups in total. The van der Waals surface area contributed by atoms with Crippen molar-refractivity contribution < 1.29 is 13.9 Å². The number of hydrogen-bond acceptors (Lipinski definition) is 4. The van der Waals surface area contributed by atoms with Crippen LogP contribution in [0.5, 0.6) is 0 Å². The smallest absolute Gasteiger partial charge is 0.273 e. The first kappa shape index (κ1) is 13.4. The Kier molecular flexibility index (Phi) is 3.62. The van der Waals surface area contributed by atoms with Gasteiger partial charge in [-0.05, 0) is 28.1 Å². The van der Waals surface area contributed by atoms with E-state index in [4.69, 9.17) is 9.15 Å². The third-order valence-electron chi connectivity index (χ3n) is 3.31. The van der Waals surface area contributed by atoms with Gasteiger partial charge >= 0.3 is 0 Å². The largest absolute Gasteiger partial charge is 0.467 e. The molecule has 2 aromatic heterocycles. The van der Waals surface area contributed by atoms with E-state index in [1.807, 2.05) is 12.1 Å². The van der Waals surface area contributed by atoms with E-state index in [2.05, 4.69) is 21.0 Å². The summed E-state index contributed by atoms with van der Waals surface area (Å²) in [5.74, 6) is 0.684. The van der Waals surface area contributed by atoms with Crippen LogP contribution in [0.25, 0.3) is 0 Å². The van der Waals surface area contributed by atoms with E-state index in [1.165, 1.54) is 0 Å². The number of carbonyl (C=O) groups is 1. The van der Waals surface area contributed by atoms with Crippen LogP contribution in [0, 0.1) is 0 Å². The number of hydrogen-bond donors (Lipinski definition) is 0. The van der Waals surface area contributed by atoms with Gasteiger partial charge in [-0.2, -0.15) is 5.10 Å². The van der Waals surface area contributed by atoms with Crippen molar-refractivity contribution in [3.63, 3.8) is 0 Å². The molecule has 0 aliphatic carbocycles. The van der Waals surface area contributed by atoms with Gasteiger partial charge in [0.2, 0.25) is 0 Å². The van der Waals surface area contributed by atoms with Crippen LogP contribution in [0.15, 0.2) is 33.5 Å². The van der Waals surface area contributed by atoms with Crippen molar-refractivity contribution in [2.24, 2.45) is 7.05 Å². The van der Waals surface area contributed by atoms with Crippen molar-refractivity contribution in [2.75, 3.05) is 19.7 Å². The van der Waals surface area contributed by atoms with E-state index in [0.29, 0.717) is 29.9 Å². The average Bonchev–Trinajstić information content (AvgIpc) is 3.09. The van der Waals surface area contributed by atoms with Gasteiger partial charge in [0.15, 0.2) is 0 Å². The molecule has 0 bridgehead atoms. The van der Waals surface area contributed by atoms with Crippen molar-refractivity contribution in [1.29, 1.82) is 0 Å². The Labute approximate surface area is 124 Å². The maximum absolute atomic E-state index is 12.6. The van der Waals surface area contributed by atoms with Crippen LogP contribution < -0.4 is 0 Å². The molecular weight excluding hydrogens is 326 g/mol. The Morgan fingerprint density at radius 2 is 2.40 bits per heavy atom. The Morgan fingerprint density at radius 1 is 1.55 bits per heavy atom. The molecule has 0 spiro atoms. The first-order valence-electron chi connectivity index (χ1n) is 6.28. The minimum Gasteiger partial charge on any atom is -0.467 e. The van der Waals surface area contributed by atoms with Crippen LogP contribution >= 0.6 is 15.9 Å². The minimum absolute atomic E-state index is 0.0586. The minimum atomic E-state index is -0.213. The Morgan fingerprint density at radius 3 is 3.05 bits per heavy atom. The van der Waals surface area contributed by atoms with Crippen LogP contribution in [0.2, 0.25) is 0 Å². The Balaban J connectivity index is 1.79. The molecule has 6 nitrogen and oxygen atoms in total. The van der Waals surface area contributed by atoms with Crippen LogP contribution in [0.3, 0.4) is 0 Å². The monoisotopic (exact) mass is 339 g/mol. The molecule has 0 saturated carbocycles. The average molecular weight is 340 g/mol. The highest BCUT2D eigenvalue weighted by molar-refractivity contribution is 9.10. The lowest BCUT2D eigenvalue weighted by Crippen LogP contribution is -2.42. The number of rotatable bonds is 2. The van der Waals surface area contributed by atoms with Crippen molar-refractivity contribution in [1.82, 2.24) is 14.7 Å². The van der Waals surface area contributed by atoms with Gasteiger partial charge in [-0.3, -0.25) is 9.48 Å². The van der Waals surface area contributed by atoms with E-state index in [1.54, 1.807) is 29.1 Å². The molecule has 1 aliphatic heterocycles. The number of nitrogens with zero attached hydrogens (tertiary/aromatic N) is 3. The highest BCUT2D eigenvalue weighted by atomic mass is 79.9. The van der Waals surface area contributed by atoms with Crippen molar-refractivity contribution in [3.8, 4) is 0 Å². The number of amides is 1. The van der Waals surface area contributed by atoms with E-state index < -0.39 is 0 Å². The lowest BCUT2D eigenvalue weighted by Gasteiger charge is -2.32. The first-order valence-corrected chi connectivity index (χ1v) is 7.08. The van der Waals surface area contributed by atoms with Gasteiger partial charge in [0, 0.05) is 13.6 Å². The third kappa shape index (κ3) is 2.38. The molecule has 106 valence electrons. The molecule has 1 amide bonds. The number of aromatic nitrogens is 2. The zero-order chi connectivity index (χ0) is 14.1. The molecular formula is C13H14BrN3O3. The van der Waals surface area contributed by atoms with Gasteiger partial charge in [-0.1, -0.05) is 0 Å². The number of halogens is 1. The maximum Gasteiger partial charge on any atom is 0.273 e. The number of ether oxygens (including phenoxy) is 1. The zero-order valence-electron chi connectivity index (χ0n) is 11.0. The van der Waals surface area contributed by atoms with Gasteiger partial charge in [-0.15, -0.1) is 0 Å². The summed E-state index contributed by atoms with van der Waals surface area (Å²) < 4.78 is 13.3. The Hall–Kier alpha value is -1.60. The summed E-state index contributed by atoms with van der Waals surface area (Å²) in [4.78, 5) is 14.3. The summed E-state index contributed by atoms with van der Waals surface area (Å²) in [5, 5.41) is 4.07. The number of aryl methyl sites for hydroxylation is 1. The standard InChI is InChI=1S/C13H14BrN3O3/c1-16-12(9(14)7-15-16)13(18)17-4-6-20-11(8-17)10-3-2-5-19-10/h2-3,5,7,11H,4,6,8H2,1H3. The normalized spacial score (nSPS) is 19.3. The topological polar surface area (TPSA) is 60.5 Å². The molecule has 0 aromatic carbocycles. The van der Waals surface area contributed by atoms with Crippen molar-refractivity contribution >= 4 is 21.8 Å². The maximum atomic E-state index is 12.6. The van der Waals surface area contributed by atoms with Crippen LogP contribution in [0.4, 0.5) is 0 Å². The molecule has 3 heterocycles. The second kappa shape index (κ2) is 5.41. The quantitative estimate of drug-likeness (QED) is 0.839. The van der Waals surface area contributed by atoms with Gasteiger partial charge in [-0.25, -0.2) is 0 Å². The van der Waals surface area contributed by atoms with Gasteiger partial charge < -0.3 is 14.1 Å². The number of morpholine rings is 1. The highest BCUT2D eigenvalue weighted by Gasteiger charge is 2.29. The van der Waals surface area contributed by atoms with Crippen molar-refractivity contribution in [2.45, 2.75) is 6.10 Å². The molecule has 20 heavy (non-hydrogen) atoms. The van der Waals surface area contributed by atoms with E-state index in [0.717, 1.165) is 5.76 Å². The van der Waals surface area contributed by atoms with E-state index >= 15 is 0 Å². The molecule has 0 radical (unpaired) electrons. The van der Waals surface area contributed by atoms with Crippen LogP contribution in [0.1, 0.15) is 22.4 Å². The predicted octanol–water partition coefficient (Wildman–Crippen LogP) is 1.99. The summed E-state index contributed by atoms with van der Waals surface area (Å²) >= 11 is 3.36. The number of carbonyl (C=O) groups excluding carboxylic acids is 1. The summed E-state index contributed by atoms with van der Waals surface area (Å²) in [6.45, 7) is 1.53. The molecule has 1 atom stereocenters. The third-order valence-corrected chi connectivity index (χ3v) is 3.89. The SMILES string of the molecule is Cn1ncc(Br)c1C(=O)N1CCOC(c2ccco2)C1. The van der Waals surface area contributed by atoms with Gasteiger partial charge in [0.1, 0.15) is 17.6 Å². The summed E-state index contributed by atoms with van der Waals surface area (Å²) in [7, 11) is 1.75. The molecule has 1 unspecified atom stereocenters. The molecule has 1 fully saturated rings. The lowest BCUT2D eigenvalue weighted by atomic mass is 10.2. The summed E-state index contributed by atoms with van der Waals surface area (Å²) in [6.07, 6.45) is 3.02. The second-order valence-corrected chi connectivity index (χ2v) is 5.45. The summed E-state index contributed by atoms with van der Waals surface area (Å²) in [5.41, 5.74) is 0.546. The predicted molar refractivity (Wildman–Crippen MR) is 74.2 cm³/mol. The first-order chi connectivity index (χ1) is 9.66. The fourth-order valence-electron chi connectivity index (χ4n) is 2.28. The van der Waals surface area contributed by atoms with Gasteiger partial charge in [0.05, 0.1) is 30.1 Å². The van der Waals surface area contributed by atoms with Crippen LogP contribution in [-0.4, -0.2) is 40.3 Å². The fourth-order valence-corrected chi connectivity index (χ4v) is 2.80. The second-order valence-electron chi connectivity index (χ2n) is 4.59. The van der Waals surface area contributed by atoms with Gasteiger partial charge in [0.25, 0.3) is 5.91 Å². The molecule has 1 saturated heterocycles. The highest BCUT2D eigenvalue weighted by Crippen LogP contribution is 2.25. The fraction of sp³-hybridized carbons (Fsp3) is 0.385. The number of furan rings is 1. The van der Waals surface area contributed by atoms with E-state index in [-0.39, 0.29) is 12.0 Å². The zero-order valence-corrected chi connectivity index (χ0v) is 12.5. The van der Waals surface area contributed by atoms with Crippen LogP contribution in [-0.2, 0) is 11.8 Å². The molecule has 7 heteroatoms. The molecule has 1 aliphatic rings.